The molecule has 4 nitrogen and oxygen atoms in total. The maximum Gasteiger partial charge on any atom is 0.128 e. The van der Waals surface area contributed by atoms with Gasteiger partial charge in [-0.15, -0.1) is 0 Å². The molecule has 0 aliphatic heterocycles. The molecular weight excluding hydrogens is 454 g/mol. The summed E-state index contributed by atoms with van der Waals surface area (Å²) in [6.45, 7) is 15.1. The van der Waals surface area contributed by atoms with Crippen molar-refractivity contribution in [3.8, 4) is 28.4 Å². The number of pyridine rings is 2. The lowest BCUT2D eigenvalue weighted by atomic mass is 9.83. The average molecular weight is 490 g/mol. The van der Waals surface area contributed by atoms with E-state index in [0.29, 0.717) is 5.75 Å². The highest BCUT2D eigenvalue weighted by molar-refractivity contribution is 5.98. The maximum atomic E-state index is 11.4. The lowest BCUT2D eigenvalue weighted by Gasteiger charge is -2.24. The second-order valence-electron chi connectivity index (χ2n) is 11.5. The van der Waals surface area contributed by atoms with Crippen molar-refractivity contribution in [3.63, 3.8) is 0 Å². The van der Waals surface area contributed by atoms with Crippen LogP contribution in [-0.4, -0.2) is 20.1 Å². The van der Waals surface area contributed by atoms with Crippen molar-refractivity contribution in [1.82, 2.24) is 15.0 Å². The van der Waals surface area contributed by atoms with Crippen molar-refractivity contribution in [2.24, 2.45) is 0 Å². The first-order chi connectivity index (χ1) is 17.5. The van der Waals surface area contributed by atoms with E-state index in [-0.39, 0.29) is 10.8 Å². The summed E-state index contributed by atoms with van der Waals surface area (Å²) in [7, 11) is 0. The predicted octanol–water partition coefficient (Wildman–Crippen LogP) is 8.24. The fraction of sp³-hybridized carbons (Fsp3) is 0.273. The van der Waals surface area contributed by atoms with E-state index < -0.39 is 0 Å². The second-order valence-corrected chi connectivity index (χ2v) is 11.5. The monoisotopic (exact) mass is 489 g/mol. The summed E-state index contributed by atoms with van der Waals surface area (Å²) in [5, 5.41) is 13.5. The number of rotatable bonds is 4. The Kier molecular flexibility index (Phi) is 5.94. The van der Waals surface area contributed by atoms with Gasteiger partial charge in [-0.05, 0) is 79.5 Å². The Hall–Kier alpha value is -3.92. The van der Waals surface area contributed by atoms with E-state index in [4.69, 9.17) is 4.98 Å². The number of nitrogens with one attached hydrogen (secondary N) is 1. The molecule has 2 aromatic carbocycles. The Morgan fingerprint density at radius 1 is 0.811 bits per heavy atom. The fourth-order valence-corrected chi connectivity index (χ4v) is 5.30. The molecule has 5 aromatic rings. The van der Waals surface area contributed by atoms with E-state index in [2.05, 4.69) is 82.7 Å². The van der Waals surface area contributed by atoms with Crippen LogP contribution in [0.25, 0.3) is 33.4 Å². The second kappa shape index (κ2) is 8.88. The zero-order valence-electron chi connectivity index (χ0n) is 22.8. The number of hydrogen-bond acceptors (Lipinski definition) is 3. The van der Waals surface area contributed by atoms with Crippen LogP contribution in [0.4, 0.5) is 0 Å². The zero-order chi connectivity index (χ0) is 26.5. The normalized spacial score (nSPS) is 12.3. The molecule has 37 heavy (non-hydrogen) atoms. The highest BCUT2D eigenvalue weighted by atomic mass is 16.3. The molecule has 0 aliphatic carbocycles. The fourth-order valence-electron chi connectivity index (χ4n) is 5.30. The van der Waals surface area contributed by atoms with Crippen LogP contribution in [0.5, 0.6) is 5.75 Å². The van der Waals surface area contributed by atoms with E-state index in [1.54, 1.807) is 0 Å². The Labute approximate surface area is 219 Å². The van der Waals surface area contributed by atoms with Crippen LogP contribution in [0.3, 0.4) is 0 Å². The van der Waals surface area contributed by atoms with Gasteiger partial charge in [-0.1, -0.05) is 63.2 Å². The summed E-state index contributed by atoms with van der Waals surface area (Å²) in [4.78, 5) is 13.6. The standard InChI is InChI=1S/C33H35N3O/c1-20-21(2)31(33(6,7)27-17-10-11-18-34-27)36-28(20)26-19-22-13-8-9-14-23(22)29(35-26)24-15-12-16-25(30(24)37)32(3,4)5/h8-19,36-37H,1-7H3. The van der Waals surface area contributed by atoms with Gasteiger partial charge >= 0.3 is 0 Å². The van der Waals surface area contributed by atoms with Gasteiger partial charge in [0, 0.05) is 28.3 Å². The van der Waals surface area contributed by atoms with Crippen molar-refractivity contribution in [2.45, 2.75) is 59.3 Å². The van der Waals surface area contributed by atoms with Gasteiger partial charge in [-0.2, -0.15) is 0 Å². The molecule has 3 heterocycles. The van der Waals surface area contributed by atoms with Gasteiger partial charge in [-0.3, -0.25) is 4.98 Å². The van der Waals surface area contributed by atoms with Gasteiger partial charge < -0.3 is 10.1 Å². The van der Waals surface area contributed by atoms with Gasteiger partial charge in [0.25, 0.3) is 0 Å². The molecule has 0 radical (unpaired) electrons. The molecule has 0 fully saturated rings. The van der Waals surface area contributed by atoms with Crippen LogP contribution in [0.1, 0.15) is 62.7 Å². The number of para-hydroxylation sites is 1. The van der Waals surface area contributed by atoms with Crippen LogP contribution < -0.4 is 0 Å². The molecule has 0 aliphatic rings. The number of aromatic nitrogens is 3. The summed E-state index contributed by atoms with van der Waals surface area (Å²) in [6, 6.07) is 22.4. The van der Waals surface area contributed by atoms with Crippen LogP contribution in [0.2, 0.25) is 0 Å². The van der Waals surface area contributed by atoms with Gasteiger partial charge in [0.05, 0.1) is 22.8 Å². The Morgan fingerprint density at radius 2 is 1.54 bits per heavy atom. The Bertz CT molecular complexity index is 1600. The number of phenols is 1. The van der Waals surface area contributed by atoms with Crippen LogP contribution >= 0.6 is 0 Å². The van der Waals surface area contributed by atoms with E-state index in [1.807, 2.05) is 48.7 Å². The number of aromatic hydroxyl groups is 1. The maximum absolute atomic E-state index is 11.4. The van der Waals surface area contributed by atoms with E-state index >= 15 is 0 Å². The zero-order valence-corrected chi connectivity index (χ0v) is 22.8. The topological polar surface area (TPSA) is 61.8 Å². The molecule has 4 heteroatoms. The minimum absolute atomic E-state index is 0.188. The summed E-state index contributed by atoms with van der Waals surface area (Å²) >= 11 is 0. The number of H-pyrrole nitrogens is 1. The summed E-state index contributed by atoms with van der Waals surface area (Å²) in [5.41, 5.74) is 8.34. The average Bonchev–Trinajstić information content (AvgIpc) is 3.18. The number of fused-ring (bicyclic) bond motifs is 1. The lowest BCUT2D eigenvalue weighted by Crippen LogP contribution is -2.22. The molecular formula is C33H35N3O. The van der Waals surface area contributed by atoms with Crippen molar-refractivity contribution < 1.29 is 5.11 Å². The molecule has 0 spiro atoms. The van der Waals surface area contributed by atoms with Crippen LogP contribution in [0.15, 0.2) is 72.9 Å². The summed E-state index contributed by atoms with van der Waals surface area (Å²) in [6.07, 6.45) is 1.85. The molecule has 0 unspecified atom stereocenters. The Balaban J connectivity index is 1.74. The number of nitrogens with zero attached hydrogens (tertiary/aromatic N) is 2. The molecule has 0 bridgehead atoms. The van der Waals surface area contributed by atoms with Gasteiger partial charge in [0.2, 0.25) is 0 Å². The minimum Gasteiger partial charge on any atom is -0.507 e. The highest BCUT2D eigenvalue weighted by Gasteiger charge is 2.30. The molecule has 2 N–H and O–H groups in total. The molecule has 5 rings (SSSR count). The molecule has 0 atom stereocenters. The largest absolute Gasteiger partial charge is 0.507 e. The number of hydrogen-bond donors (Lipinski definition) is 2. The lowest BCUT2D eigenvalue weighted by molar-refractivity contribution is 0.448. The van der Waals surface area contributed by atoms with Gasteiger partial charge in [0.15, 0.2) is 0 Å². The molecule has 188 valence electrons. The van der Waals surface area contributed by atoms with Crippen molar-refractivity contribution in [1.29, 1.82) is 0 Å². The van der Waals surface area contributed by atoms with Crippen molar-refractivity contribution >= 4 is 10.8 Å². The minimum atomic E-state index is -0.298. The number of benzene rings is 2. The van der Waals surface area contributed by atoms with Crippen molar-refractivity contribution in [2.75, 3.05) is 0 Å². The first-order valence-corrected chi connectivity index (χ1v) is 12.8. The first kappa shape index (κ1) is 24.8. The smallest absolute Gasteiger partial charge is 0.128 e. The van der Waals surface area contributed by atoms with Gasteiger partial charge in [0.1, 0.15) is 5.75 Å². The van der Waals surface area contributed by atoms with Crippen LogP contribution in [-0.2, 0) is 10.8 Å². The quantitative estimate of drug-likeness (QED) is 0.267. The van der Waals surface area contributed by atoms with Gasteiger partial charge in [-0.25, -0.2) is 4.98 Å². The van der Waals surface area contributed by atoms with E-state index in [9.17, 15) is 5.11 Å². The molecule has 0 saturated heterocycles. The third kappa shape index (κ3) is 4.21. The summed E-state index contributed by atoms with van der Waals surface area (Å²) in [5.74, 6) is 0.293. The third-order valence-corrected chi connectivity index (χ3v) is 7.59. The van der Waals surface area contributed by atoms with E-state index in [1.165, 1.54) is 11.1 Å². The molecule has 3 aromatic heterocycles. The van der Waals surface area contributed by atoms with E-state index in [0.717, 1.165) is 50.4 Å². The Morgan fingerprint density at radius 3 is 2.24 bits per heavy atom. The predicted molar refractivity (Wildman–Crippen MR) is 153 cm³/mol. The number of aromatic amines is 1. The third-order valence-electron chi connectivity index (χ3n) is 7.59. The van der Waals surface area contributed by atoms with Crippen LogP contribution in [0, 0.1) is 13.8 Å². The highest BCUT2D eigenvalue weighted by Crippen LogP contribution is 2.42. The SMILES string of the molecule is Cc1c(-c2cc3ccccc3c(-c3cccc(C(C)(C)C)c3O)n2)[nH]c(C(C)(C)c2ccccn2)c1C. The summed E-state index contributed by atoms with van der Waals surface area (Å²) < 4.78 is 0. The first-order valence-electron chi connectivity index (χ1n) is 12.8. The van der Waals surface area contributed by atoms with Crippen molar-refractivity contribution in [3.05, 3.63) is 101 Å². The number of phenolic OH excluding ortho intramolecular Hbond substituents is 1. The molecule has 0 amide bonds. The molecule has 0 saturated carbocycles.